The van der Waals surface area contributed by atoms with E-state index in [9.17, 15) is 14.4 Å². The van der Waals surface area contributed by atoms with Crippen LogP contribution in [0.2, 0.25) is 0 Å². The third kappa shape index (κ3) is 5.75. The molecule has 3 N–H and O–H groups in total. The summed E-state index contributed by atoms with van der Waals surface area (Å²) in [6, 6.07) is 13.9. The van der Waals surface area contributed by atoms with Crippen molar-refractivity contribution in [2.24, 2.45) is 0 Å². The van der Waals surface area contributed by atoms with Gasteiger partial charge >= 0.3 is 0 Å². The first-order valence-electron chi connectivity index (χ1n) is 11.2. The van der Waals surface area contributed by atoms with Gasteiger partial charge in [-0.15, -0.1) is 0 Å². The van der Waals surface area contributed by atoms with Crippen LogP contribution in [0.1, 0.15) is 76.1 Å². The zero-order valence-electron chi connectivity index (χ0n) is 19.5. The summed E-state index contributed by atoms with van der Waals surface area (Å²) < 4.78 is 0. The highest BCUT2D eigenvalue weighted by molar-refractivity contribution is 5.99. The average Bonchev–Trinajstić information content (AvgIpc) is 3.18. The van der Waals surface area contributed by atoms with Crippen molar-refractivity contribution >= 4 is 23.4 Å². The molecule has 2 aromatic rings. The summed E-state index contributed by atoms with van der Waals surface area (Å²) in [6.45, 7) is 10.6. The zero-order valence-corrected chi connectivity index (χ0v) is 19.5. The van der Waals surface area contributed by atoms with E-state index < -0.39 is 12.1 Å². The van der Waals surface area contributed by atoms with Crippen LogP contribution in [-0.2, 0) is 19.8 Å². The van der Waals surface area contributed by atoms with Gasteiger partial charge in [-0.3, -0.25) is 14.4 Å². The van der Waals surface area contributed by atoms with Crippen LogP contribution >= 0.6 is 0 Å². The zero-order chi connectivity index (χ0) is 23.5. The lowest BCUT2D eigenvalue weighted by molar-refractivity contribution is -0.128. The van der Waals surface area contributed by atoms with Gasteiger partial charge in [-0.2, -0.15) is 0 Å². The van der Waals surface area contributed by atoms with Gasteiger partial charge in [0, 0.05) is 12.1 Å². The Balaban J connectivity index is 1.81. The third-order valence-corrected chi connectivity index (χ3v) is 5.82. The number of amides is 3. The predicted octanol–water partition coefficient (Wildman–Crippen LogP) is 4.18. The average molecular weight is 436 g/mol. The van der Waals surface area contributed by atoms with Gasteiger partial charge < -0.3 is 16.0 Å². The van der Waals surface area contributed by atoms with Crippen molar-refractivity contribution in [1.82, 2.24) is 10.6 Å². The number of rotatable bonds is 6. The molecule has 1 unspecified atom stereocenters. The molecule has 32 heavy (non-hydrogen) atoms. The molecular formula is C26H33N3O3. The van der Waals surface area contributed by atoms with Crippen molar-refractivity contribution in [3.8, 4) is 0 Å². The molecule has 1 aliphatic heterocycles. The van der Waals surface area contributed by atoms with Crippen LogP contribution in [0.4, 0.5) is 5.69 Å². The summed E-state index contributed by atoms with van der Waals surface area (Å²) >= 11 is 0. The van der Waals surface area contributed by atoms with Gasteiger partial charge in [0.1, 0.15) is 12.1 Å². The van der Waals surface area contributed by atoms with Gasteiger partial charge in [0.15, 0.2) is 0 Å². The number of carbonyl (C=O) groups is 3. The number of carbonyl (C=O) groups excluding carboxylic acids is 3. The Morgan fingerprint density at radius 3 is 2.06 bits per heavy atom. The largest absolute Gasteiger partial charge is 0.344 e. The number of anilines is 1. The minimum atomic E-state index is -0.872. The first-order valence-corrected chi connectivity index (χ1v) is 11.2. The molecule has 6 heteroatoms. The number of hydrogen-bond acceptors (Lipinski definition) is 3. The number of nitrogens with one attached hydrogen (secondary N) is 3. The molecule has 0 spiro atoms. The minimum Gasteiger partial charge on any atom is -0.344 e. The summed E-state index contributed by atoms with van der Waals surface area (Å²) in [5, 5.41) is 8.42. The normalized spacial score (nSPS) is 17.1. The smallest absolute Gasteiger partial charge is 0.251 e. The molecule has 0 radical (unpaired) electrons. The van der Waals surface area contributed by atoms with Crippen LogP contribution in [0.15, 0.2) is 48.5 Å². The van der Waals surface area contributed by atoms with Crippen LogP contribution in [0.5, 0.6) is 0 Å². The lowest BCUT2D eigenvalue weighted by Crippen LogP contribution is -2.46. The molecule has 0 bridgehead atoms. The van der Waals surface area contributed by atoms with E-state index in [0.29, 0.717) is 30.0 Å². The second-order valence-electron chi connectivity index (χ2n) is 9.74. The Bertz CT molecular complexity index is 973. The number of hydrogen-bond donors (Lipinski definition) is 3. The molecule has 170 valence electrons. The molecule has 2 aromatic carbocycles. The lowest BCUT2D eigenvalue weighted by atomic mass is 9.87. The molecule has 1 fully saturated rings. The molecule has 6 nitrogen and oxygen atoms in total. The Hall–Kier alpha value is -3.15. The van der Waals surface area contributed by atoms with E-state index in [1.807, 2.05) is 48.5 Å². The Morgan fingerprint density at radius 1 is 0.969 bits per heavy atom. The summed E-state index contributed by atoms with van der Waals surface area (Å²) in [6.07, 6.45) is 0.748. The molecule has 0 saturated carbocycles. The molecule has 1 heterocycles. The molecule has 0 aliphatic carbocycles. The van der Waals surface area contributed by atoms with Gasteiger partial charge in [0.25, 0.3) is 5.91 Å². The van der Waals surface area contributed by atoms with Crippen LogP contribution in [0.25, 0.3) is 0 Å². The van der Waals surface area contributed by atoms with Gasteiger partial charge in [-0.1, -0.05) is 71.0 Å². The summed E-state index contributed by atoms with van der Waals surface area (Å²) in [7, 11) is 0. The maximum atomic E-state index is 13.2. The van der Waals surface area contributed by atoms with Gasteiger partial charge in [0.2, 0.25) is 11.8 Å². The Kier molecular flexibility index (Phi) is 7.02. The maximum absolute atomic E-state index is 13.2. The molecule has 2 atom stereocenters. The van der Waals surface area contributed by atoms with Crippen molar-refractivity contribution in [2.45, 2.75) is 70.9 Å². The second kappa shape index (κ2) is 9.55. The highest BCUT2D eigenvalue weighted by atomic mass is 16.2. The molecule has 3 rings (SSSR count). The lowest BCUT2D eigenvalue weighted by Gasteiger charge is -2.22. The summed E-state index contributed by atoms with van der Waals surface area (Å²) in [5.74, 6) is -0.470. The van der Waals surface area contributed by atoms with E-state index >= 15 is 0 Å². The molecule has 1 aliphatic rings. The summed E-state index contributed by atoms with van der Waals surface area (Å²) in [4.78, 5) is 37.5. The summed E-state index contributed by atoms with van der Waals surface area (Å²) in [5.41, 5.74) is 3.69. The topological polar surface area (TPSA) is 87.3 Å². The van der Waals surface area contributed by atoms with E-state index in [1.54, 1.807) is 0 Å². The quantitative estimate of drug-likeness (QED) is 0.636. The molecule has 0 aromatic heterocycles. The fourth-order valence-electron chi connectivity index (χ4n) is 3.70. The fourth-order valence-corrected chi connectivity index (χ4v) is 3.70. The van der Waals surface area contributed by atoms with Gasteiger partial charge in [-0.05, 0) is 46.6 Å². The first kappa shape index (κ1) is 23.5. The Morgan fingerprint density at radius 2 is 1.56 bits per heavy atom. The maximum Gasteiger partial charge on any atom is 0.251 e. The second-order valence-corrected chi connectivity index (χ2v) is 9.74. The van der Waals surface area contributed by atoms with E-state index in [0.717, 1.165) is 5.56 Å². The molecule has 1 saturated heterocycles. The van der Waals surface area contributed by atoms with Crippen molar-refractivity contribution in [1.29, 1.82) is 0 Å². The van der Waals surface area contributed by atoms with Crippen molar-refractivity contribution < 1.29 is 14.4 Å². The first-order chi connectivity index (χ1) is 15.0. The van der Waals surface area contributed by atoms with E-state index in [2.05, 4.69) is 50.6 Å². The van der Waals surface area contributed by atoms with Gasteiger partial charge in [0.05, 0.1) is 0 Å². The highest BCUT2D eigenvalue weighted by Gasteiger charge is 2.31. The van der Waals surface area contributed by atoms with Crippen molar-refractivity contribution in [3.63, 3.8) is 0 Å². The molecule has 3 amide bonds. The molecular weight excluding hydrogens is 402 g/mol. The van der Waals surface area contributed by atoms with E-state index in [-0.39, 0.29) is 23.1 Å². The monoisotopic (exact) mass is 435 g/mol. The predicted molar refractivity (Wildman–Crippen MR) is 126 cm³/mol. The van der Waals surface area contributed by atoms with Crippen LogP contribution < -0.4 is 16.0 Å². The Labute approximate surface area is 190 Å². The fraction of sp³-hybridized carbons (Fsp3) is 0.423. The minimum absolute atomic E-state index is 0.0168. The van der Waals surface area contributed by atoms with Crippen LogP contribution in [-0.4, -0.2) is 23.8 Å². The SMILES string of the molecule is CC(C)c1ccc(C(NC(=O)[C@@H]2CCC(=O)N2)C(=O)Nc2ccc(C(C)(C)C)cc2)cc1. The van der Waals surface area contributed by atoms with Crippen LogP contribution in [0.3, 0.4) is 0 Å². The number of benzene rings is 2. The van der Waals surface area contributed by atoms with E-state index in [4.69, 9.17) is 0 Å². The van der Waals surface area contributed by atoms with Crippen LogP contribution in [0, 0.1) is 0 Å². The highest BCUT2D eigenvalue weighted by Crippen LogP contribution is 2.25. The van der Waals surface area contributed by atoms with E-state index in [1.165, 1.54) is 5.56 Å². The van der Waals surface area contributed by atoms with Gasteiger partial charge in [-0.25, -0.2) is 0 Å². The third-order valence-electron chi connectivity index (χ3n) is 5.82. The standard InChI is InChI=1S/C26H33N3O3/c1-16(2)17-6-8-18(9-7-17)23(29-24(31)21-14-15-22(30)28-21)25(32)27-20-12-10-19(11-13-20)26(3,4)5/h6-13,16,21,23H,14-15H2,1-5H3,(H,27,32)(H,28,30)(H,29,31)/t21-,23?/m0/s1. The van der Waals surface area contributed by atoms with Crippen molar-refractivity contribution in [3.05, 3.63) is 65.2 Å². The van der Waals surface area contributed by atoms with Crippen molar-refractivity contribution in [2.75, 3.05) is 5.32 Å².